The van der Waals surface area contributed by atoms with E-state index in [1.807, 2.05) is 6.07 Å². The van der Waals surface area contributed by atoms with E-state index in [-0.39, 0.29) is 0 Å². The molecule has 1 heterocycles. The molecule has 1 aromatic rings. The maximum atomic E-state index is 9.97. The summed E-state index contributed by atoms with van der Waals surface area (Å²) in [5, 5.41) is 9.97. The van der Waals surface area contributed by atoms with Gasteiger partial charge in [0.05, 0.1) is 26.7 Å². The molecule has 0 amide bonds. The van der Waals surface area contributed by atoms with Crippen LogP contribution in [0.4, 0.5) is 0 Å². The number of likely N-dealkylation sites (tertiary alicyclic amines) is 1. The molecular weight excluding hydrogens is 246 g/mol. The van der Waals surface area contributed by atoms with Crippen LogP contribution in [-0.2, 0) is 11.8 Å². The fraction of sp³-hybridized carbons (Fsp3) is 0.667. The third-order valence-electron chi connectivity index (χ3n) is 6.65. The summed E-state index contributed by atoms with van der Waals surface area (Å²) in [5.74, 6) is 1.29. The minimum atomic E-state index is 0.378. The number of phenols is 1. The molecule has 108 valence electrons. The first-order chi connectivity index (χ1) is 9.53. The Labute approximate surface area is 122 Å². The van der Waals surface area contributed by atoms with Crippen molar-refractivity contribution in [2.45, 2.75) is 50.0 Å². The summed E-state index contributed by atoms with van der Waals surface area (Å²) in [4.78, 5) is 0. The van der Waals surface area contributed by atoms with Crippen molar-refractivity contribution < 1.29 is 9.59 Å². The van der Waals surface area contributed by atoms with E-state index < -0.39 is 0 Å². The van der Waals surface area contributed by atoms with Crippen molar-refractivity contribution >= 4 is 0 Å². The molecule has 2 nitrogen and oxygen atoms in total. The maximum Gasteiger partial charge on any atom is 0.115 e. The summed E-state index contributed by atoms with van der Waals surface area (Å²) in [6.45, 7) is 1.29. The van der Waals surface area contributed by atoms with Crippen LogP contribution in [0.15, 0.2) is 18.2 Å². The summed E-state index contributed by atoms with van der Waals surface area (Å²) >= 11 is 0. The summed E-state index contributed by atoms with van der Waals surface area (Å²) in [7, 11) is 4.85. The van der Waals surface area contributed by atoms with Gasteiger partial charge >= 0.3 is 0 Å². The molecule has 1 saturated carbocycles. The fourth-order valence-corrected chi connectivity index (χ4v) is 5.57. The van der Waals surface area contributed by atoms with Gasteiger partial charge in [-0.2, -0.15) is 0 Å². The number of likely N-dealkylation sites (N-methyl/N-ethyl adjacent to an activating group) is 1. The average Bonchev–Trinajstić information content (AvgIpc) is 2.44. The van der Waals surface area contributed by atoms with Crippen molar-refractivity contribution in [1.29, 1.82) is 0 Å². The van der Waals surface area contributed by atoms with Gasteiger partial charge in [-0.25, -0.2) is 0 Å². The molecule has 1 aromatic carbocycles. The quantitative estimate of drug-likeness (QED) is 0.719. The second-order valence-electron chi connectivity index (χ2n) is 7.87. The molecule has 0 spiro atoms. The molecule has 1 N–H and O–H groups in total. The lowest BCUT2D eigenvalue weighted by molar-refractivity contribution is -0.927. The van der Waals surface area contributed by atoms with Crippen LogP contribution in [0.1, 0.15) is 43.2 Å². The molecule has 2 heteroatoms. The van der Waals surface area contributed by atoms with Gasteiger partial charge in [-0.05, 0) is 36.1 Å². The monoisotopic (exact) mass is 272 g/mol. The van der Waals surface area contributed by atoms with Crippen LogP contribution in [0, 0.1) is 5.92 Å². The minimum absolute atomic E-state index is 0.378. The second kappa shape index (κ2) is 4.00. The molecule has 0 radical (unpaired) electrons. The fourth-order valence-electron chi connectivity index (χ4n) is 5.57. The van der Waals surface area contributed by atoms with Crippen molar-refractivity contribution in [1.82, 2.24) is 0 Å². The molecule has 1 saturated heterocycles. The van der Waals surface area contributed by atoms with Crippen LogP contribution in [0.2, 0.25) is 0 Å². The zero-order valence-corrected chi connectivity index (χ0v) is 12.7. The molecule has 0 aromatic heterocycles. The number of quaternary nitrogens is 1. The number of hydrogen-bond acceptors (Lipinski definition) is 1. The molecule has 4 rings (SSSR count). The van der Waals surface area contributed by atoms with Gasteiger partial charge in [0.2, 0.25) is 0 Å². The zero-order valence-electron chi connectivity index (χ0n) is 12.7. The topological polar surface area (TPSA) is 20.2 Å². The van der Waals surface area contributed by atoms with Gasteiger partial charge in [0.1, 0.15) is 5.75 Å². The molecule has 3 atom stereocenters. The van der Waals surface area contributed by atoms with E-state index in [9.17, 15) is 5.11 Å². The number of phenolic OH excluding ortho intramolecular Hbond substituents is 1. The van der Waals surface area contributed by atoms with Crippen LogP contribution in [0.3, 0.4) is 0 Å². The first-order valence-corrected chi connectivity index (χ1v) is 8.18. The molecule has 2 bridgehead atoms. The highest BCUT2D eigenvalue weighted by atomic mass is 16.3. The van der Waals surface area contributed by atoms with Gasteiger partial charge in [0.25, 0.3) is 0 Å². The van der Waals surface area contributed by atoms with E-state index in [4.69, 9.17) is 0 Å². The van der Waals surface area contributed by atoms with Crippen LogP contribution < -0.4 is 0 Å². The summed E-state index contributed by atoms with van der Waals surface area (Å²) in [6.07, 6.45) is 8.00. The van der Waals surface area contributed by atoms with E-state index in [0.29, 0.717) is 11.2 Å². The molecule has 2 aliphatic carbocycles. The Kier molecular flexibility index (Phi) is 2.54. The third-order valence-corrected chi connectivity index (χ3v) is 6.65. The van der Waals surface area contributed by atoms with Crippen LogP contribution >= 0.6 is 0 Å². The molecule has 2 fully saturated rings. The normalized spacial score (nSPS) is 37.9. The lowest BCUT2D eigenvalue weighted by atomic mass is 9.52. The molecular formula is C18H26NO+. The van der Waals surface area contributed by atoms with Gasteiger partial charge in [-0.3, -0.25) is 0 Å². The number of nitrogens with zero attached hydrogens (tertiary/aromatic N) is 1. The predicted molar refractivity (Wildman–Crippen MR) is 80.8 cm³/mol. The standard InChI is InChI=1S/C18H25NO/c1-19(2)10-9-18-8-4-3-5-15(18)17(19)11-13-6-7-14(20)12-16(13)18/h6-7,12,15,17H,3-5,8-11H2,1-2H3/p+1/t15-,17+,18+/m0/s1. The van der Waals surface area contributed by atoms with E-state index in [0.717, 1.165) is 12.0 Å². The van der Waals surface area contributed by atoms with Crippen molar-refractivity contribution in [2.24, 2.45) is 5.92 Å². The average molecular weight is 272 g/mol. The number of aromatic hydroxyl groups is 1. The highest BCUT2D eigenvalue weighted by Crippen LogP contribution is 2.57. The molecule has 0 unspecified atom stereocenters. The Morgan fingerprint density at radius 1 is 1.20 bits per heavy atom. The molecule has 3 aliphatic rings. The Morgan fingerprint density at radius 3 is 2.90 bits per heavy atom. The van der Waals surface area contributed by atoms with E-state index >= 15 is 0 Å². The van der Waals surface area contributed by atoms with E-state index in [2.05, 4.69) is 26.2 Å². The van der Waals surface area contributed by atoms with Crippen molar-refractivity contribution in [3.8, 4) is 5.75 Å². The van der Waals surface area contributed by atoms with Gasteiger partial charge in [-0.15, -0.1) is 0 Å². The van der Waals surface area contributed by atoms with Gasteiger partial charge in [-0.1, -0.05) is 18.9 Å². The summed E-state index contributed by atoms with van der Waals surface area (Å²) in [6, 6.07) is 6.94. The third kappa shape index (κ3) is 1.54. The lowest BCUT2D eigenvalue weighted by Crippen LogP contribution is -2.66. The molecule has 20 heavy (non-hydrogen) atoms. The Morgan fingerprint density at radius 2 is 2.05 bits per heavy atom. The highest BCUT2D eigenvalue weighted by molar-refractivity contribution is 5.44. The van der Waals surface area contributed by atoms with E-state index in [1.165, 1.54) is 60.7 Å². The number of rotatable bonds is 0. The largest absolute Gasteiger partial charge is 0.508 e. The van der Waals surface area contributed by atoms with Gasteiger partial charge < -0.3 is 9.59 Å². The Hall–Kier alpha value is -1.02. The molecule has 1 aliphatic heterocycles. The van der Waals surface area contributed by atoms with Crippen LogP contribution in [-0.4, -0.2) is 36.3 Å². The Balaban J connectivity index is 1.92. The van der Waals surface area contributed by atoms with Crippen molar-refractivity contribution in [3.63, 3.8) is 0 Å². The van der Waals surface area contributed by atoms with Crippen molar-refractivity contribution in [3.05, 3.63) is 29.3 Å². The number of fused-ring (bicyclic) bond motifs is 1. The first kappa shape index (κ1) is 12.7. The van der Waals surface area contributed by atoms with Crippen molar-refractivity contribution in [2.75, 3.05) is 20.6 Å². The summed E-state index contributed by atoms with van der Waals surface area (Å²) in [5.41, 5.74) is 3.39. The number of hydrogen-bond donors (Lipinski definition) is 1. The number of benzene rings is 1. The van der Waals surface area contributed by atoms with Gasteiger partial charge in [0.15, 0.2) is 0 Å². The maximum absolute atomic E-state index is 9.97. The zero-order chi connectivity index (χ0) is 14.0. The smallest absolute Gasteiger partial charge is 0.115 e. The van der Waals surface area contributed by atoms with Crippen LogP contribution in [0.5, 0.6) is 5.75 Å². The lowest BCUT2D eigenvalue weighted by Gasteiger charge is -2.60. The van der Waals surface area contributed by atoms with E-state index in [1.54, 1.807) is 0 Å². The highest BCUT2D eigenvalue weighted by Gasteiger charge is 2.57. The van der Waals surface area contributed by atoms with Crippen LogP contribution in [0.25, 0.3) is 0 Å². The number of piperidine rings is 1. The second-order valence-corrected chi connectivity index (χ2v) is 7.87. The Bertz CT molecular complexity index is 550. The summed E-state index contributed by atoms with van der Waals surface area (Å²) < 4.78 is 1.19. The minimum Gasteiger partial charge on any atom is -0.508 e. The first-order valence-electron chi connectivity index (χ1n) is 8.18. The SMILES string of the molecule is C[N+]1(C)CC[C@]23CCCC[C@H]2[C@H]1Cc1ccc(O)cc13. The van der Waals surface area contributed by atoms with Gasteiger partial charge in [0, 0.05) is 24.2 Å². The predicted octanol–water partition coefficient (Wildman–Crippen LogP) is 3.23.